The van der Waals surface area contributed by atoms with E-state index >= 15 is 0 Å². The van der Waals surface area contributed by atoms with Crippen LogP contribution >= 0.6 is 11.6 Å². The Labute approximate surface area is 83.7 Å². The Hall–Kier alpha value is -0.560. The largest absolute Gasteiger partial charge is 0.247 e. The average molecular weight is 201 g/mol. The van der Waals surface area contributed by atoms with Gasteiger partial charge in [-0.2, -0.15) is 0 Å². The second-order valence-corrected chi connectivity index (χ2v) is 3.65. The van der Waals surface area contributed by atoms with Crippen LogP contribution in [0.1, 0.15) is 25.3 Å². The van der Waals surface area contributed by atoms with Gasteiger partial charge in [-0.05, 0) is 24.1 Å². The zero-order valence-corrected chi connectivity index (χ0v) is 8.52. The number of benzene rings is 1. The molecule has 0 bridgehead atoms. The van der Waals surface area contributed by atoms with Crippen LogP contribution in [-0.4, -0.2) is 6.17 Å². The lowest BCUT2D eigenvalue weighted by molar-refractivity contribution is 0.310. The van der Waals surface area contributed by atoms with Crippen molar-refractivity contribution in [2.24, 2.45) is 0 Å². The summed E-state index contributed by atoms with van der Waals surface area (Å²) in [5.74, 6) is 0. The predicted molar refractivity (Wildman–Crippen MR) is 55.0 cm³/mol. The van der Waals surface area contributed by atoms with Crippen molar-refractivity contribution in [3.05, 3.63) is 34.9 Å². The standard InChI is InChI=1S/C11H14ClF/c1-2-3-11(13)8-9-4-6-10(12)7-5-9/h4-7,11H,2-3,8H2,1H3. The van der Waals surface area contributed by atoms with Crippen molar-refractivity contribution in [1.82, 2.24) is 0 Å². The first-order chi connectivity index (χ1) is 6.22. The first-order valence-corrected chi connectivity index (χ1v) is 4.98. The van der Waals surface area contributed by atoms with E-state index in [0.717, 1.165) is 12.0 Å². The number of hydrogen-bond donors (Lipinski definition) is 0. The number of rotatable bonds is 4. The van der Waals surface area contributed by atoms with Crippen molar-refractivity contribution in [1.29, 1.82) is 0 Å². The molecule has 0 amide bonds. The molecule has 0 N–H and O–H groups in total. The molecule has 0 aliphatic heterocycles. The Morgan fingerprint density at radius 1 is 1.31 bits per heavy atom. The first kappa shape index (κ1) is 10.5. The van der Waals surface area contributed by atoms with E-state index < -0.39 is 6.17 Å². The summed E-state index contributed by atoms with van der Waals surface area (Å²) in [5, 5.41) is 0.703. The molecule has 1 unspecified atom stereocenters. The van der Waals surface area contributed by atoms with E-state index in [1.807, 2.05) is 19.1 Å². The van der Waals surface area contributed by atoms with Crippen molar-refractivity contribution in [2.75, 3.05) is 0 Å². The molecule has 0 aliphatic carbocycles. The van der Waals surface area contributed by atoms with Gasteiger partial charge in [0.05, 0.1) is 0 Å². The molecule has 1 atom stereocenters. The topological polar surface area (TPSA) is 0 Å². The highest BCUT2D eigenvalue weighted by Gasteiger charge is 2.05. The molecule has 0 fully saturated rings. The van der Waals surface area contributed by atoms with Crippen LogP contribution in [0.2, 0.25) is 5.02 Å². The molecule has 0 spiro atoms. The van der Waals surface area contributed by atoms with E-state index in [0.29, 0.717) is 17.9 Å². The normalized spacial score (nSPS) is 12.8. The molecular formula is C11H14ClF. The highest BCUT2D eigenvalue weighted by molar-refractivity contribution is 6.30. The maximum absolute atomic E-state index is 13.2. The van der Waals surface area contributed by atoms with Crippen molar-refractivity contribution in [3.8, 4) is 0 Å². The molecule has 0 saturated heterocycles. The van der Waals surface area contributed by atoms with E-state index in [2.05, 4.69) is 0 Å². The fraction of sp³-hybridized carbons (Fsp3) is 0.455. The third-order valence-electron chi connectivity index (χ3n) is 1.97. The average Bonchev–Trinajstić information content (AvgIpc) is 2.09. The van der Waals surface area contributed by atoms with E-state index in [4.69, 9.17) is 11.6 Å². The van der Waals surface area contributed by atoms with Crippen molar-refractivity contribution in [2.45, 2.75) is 32.4 Å². The van der Waals surface area contributed by atoms with Crippen molar-refractivity contribution < 1.29 is 4.39 Å². The lowest BCUT2D eigenvalue weighted by atomic mass is 10.1. The molecule has 0 aromatic heterocycles. The SMILES string of the molecule is CCCC(F)Cc1ccc(Cl)cc1. The molecule has 13 heavy (non-hydrogen) atoms. The van der Waals surface area contributed by atoms with Crippen molar-refractivity contribution in [3.63, 3.8) is 0 Å². The Kier molecular flexibility index (Phi) is 4.23. The van der Waals surface area contributed by atoms with Crippen LogP contribution in [0.25, 0.3) is 0 Å². The summed E-state index contributed by atoms with van der Waals surface area (Å²) in [4.78, 5) is 0. The first-order valence-electron chi connectivity index (χ1n) is 4.61. The van der Waals surface area contributed by atoms with Gasteiger partial charge in [0.15, 0.2) is 0 Å². The van der Waals surface area contributed by atoms with Gasteiger partial charge in [-0.1, -0.05) is 37.1 Å². The lowest BCUT2D eigenvalue weighted by Gasteiger charge is -2.06. The van der Waals surface area contributed by atoms with Gasteiger partial charge >= 0.3 is 0 Å². The van der Waals surface area contributed by atoms with Crippen LogP contribution in [0.4, 0.5) is 4.39 Å². The molecule has 0 nitrogen and oxygen atoms in total. The molecule has 0 aliphatic rings. The monoisotopic (exact) mass is 200 g/mol. The third kappa shape index (κ3) is 3.77. The van der Waals surface area contributed by atoms with Crippen LogP contribution in [0.3, 0.4) is 0 Å². The fourth-order valence-corrected chi connectivity index (χ4v) is 1.42. The van der Waals surface area contributed by atoms with Gasteiger partial charge in [0.2, 0.25) is 0 Å². The molecule has 1 aromatic carbocycles. The van der Waals surface area contributed by atoms with Gasteiger partial charge in [0, 0.05) is 11.4 Å². The maximum atomic E-state index is 13.2. The minimum atomic E-state index is -0.717. The molecule has 1 aromatic rings. The van der Waals surface area contributed by atoms with Crippen molar-refractivity contribution >= 4 is 11.6 Å². The Morgan fingerprint density at radius 2 is 1.92 bits per heavy atom. The van der Waals surface area contributed by atoms with Gasteiger partial charge in [-0.15, -0.1) is 0 Å². The number of hydrogen-bond acceptors (Lipinski definition) is 0. The van der Waals surface area contributed by atoms with Gasteiger partial charge in [-0.3, -0.25) is 0 Å². The Bertz CT molecular complexity index is 243. The highest BCUT2D eigenvalue weighted by Crippen LogP contribution is 2.14. The molecule has 2 heteroatoms. The summed E-state index contributed by atoms with van der Waals surface area (Å²) in [6, 6.07) is 7.36. The van der Waals surface area contributed by atoms with Gasteiger partial charge in [0.25, 0.3) is 0 Å². The smallest absolute Gasteiger partial charge is 0.104 e. The molecule has 72 valence electrons. The quantitative estimate of drug-likeness (QED) is 0.689. The van der Waals surface area contributed by atoms with Gasteiger partial charge < -0.3 is 0 Å². The zero-order chi connectivity index (χ0) is 9.68. The summed E-state index contributed by atoms with van der Waals surface area (Å²) in [6.07, 6.45) is 1.33. The summed E-state index contributed by atoms with van der Waals surface area (Å²) in [6.45, 7) is 1.99. The van der Waals surface area contributed by atoms with Crippen LogP contribution in [0.5, 0.6) is 0 Å². The molecule has 0 saturated carbocycles. The fourth-order valence-electron chi connectivity index (χ4n) is 1.29. The molecule has 0 radical (unpaired) electrons. The zero-order valence-electron chi connectivity index (χ0n) is 7.76. The third-order valence-corrected chi connectivity index (χ3v) is 2.22. The molecular weight excluding hydrogens is 187 g/mol. The van der Waals surface area contributed by atoms with Crippen LogP contribution in [0, 0.1) is 0 Å². The van der Waals surface area contributed by atoms with Crippen LogP contribution in [0.15, 0.2) is 24.3 Å². The van der Waals surface area contributed by atoms with E-state index in [-0.39, 0.29) is 0 Å². The number of halogens is 2. The van der Waals surface area contributed by atoms with Crippen LogP contribution in [-0.2, 0) is 6.42 Å². The number of alkyl halides is 1. The molecule has 1 rings (SSSR count). The second-order valence-electron chi connectivity index (χ2n) is 3.22. The highest BCUT2D eigenvalue weighted by atomic mass is 35.5. The summed E-state index contributed by atoms with van der Waals surface area (Å²) in [7, 11) is 0. The van der Waals surface area contributed by atoms with E-state index in [1.54, 1.807) is 12.1 Å². The summed E-state index contributed by atoms with van der Waals surface area (Å²) >= 11 is 5.72. The van der Waals surface area contributed by atoms with Gasteiger partial charge in [-0.25, -0.2) is 4.39 Å². The van der Waals surface area contributed by atoms with Gasteiger partial charge in [0.1, 0.15) is 6.17 Å². The van der Waals surface area contributed by atoms with E-state index in [1.165, 1.54) is 0 Å². The Morgan fingerprint density at radius 3 is 2.46 bits per heavy atom. The summed E-state index contributed by atoms with van der Waals surface area (Å²) < 4.78 is 13.2. The Balaban J connectivity index is 2.49. The molecule has 0 heterocycles. The summed E-state index contributed by atoms with van der Waals surface area (Å²) in [5.41, 5.74) is 1.02. The van der Waals surface area contributed by atoms with Crippen LogP contribution < -0.4 is 0 Å². The minimum Gasteiger partial charge on any atom is -0.247 e. The maximum Gasteiger partial charge on any atom is 0.104 e. The lowest BCUT2D eigenvalue weighted by Crippen LogP contribution is -2.03. The predicted octanol–water partition coefficient (Wildman–Crippen LogP) is 4.02. The van der Waals surface area contributed by atoms with E-state index in [9.17, 15) is 4.39 Å². The second kappa shape index (κ2) is 5.23. The minimum absolute atomic E-state index is 0.505.